The van der Waals surface area contributed by atoms with Crippen molar-refractivity contribution in [3.8, 4) is 11.8 Å². The Morgan fingerprint density at radius 1 is 1.11 bits per heavy atom. The number of hydrogen-bond donors (Lipinski definition) is 1. The summed E-state index contributed by atoms with van der Waals surface area (Å²) in [6.07, 6.45) is 3.09. The molecule has 0 aliphatic heterocycles. The minimum atomic E-state index is -0.404. The van der Waals surface area contributed by atoms with Crippen LogP contribution in [0, 0.1) is 11.8 Å². The number of amides is 1. The molecule has 0 bridgehead atoms. The number of nitrogens with zero attached hydrogens (tertiary/aromatic N) is 1. The number of methoxy groups -OCH3 is 1. The lowest BCUT2D eigenvalue weighted by molar-refractivity contribution is -0.111. The maximum atomic E-state index is 12.0. The highest BCUT2D eigenvalue weighted by atomic mass is 32.1. The molecular weight excluding hydrogens is 372 g/mol. The van der Waals surface area contributed by atoms with Gasteiger partial charge in [0.25, 0.3) is 0 Å². The summed E-state index contributed by atoms with van der Waals surface area (Å²) in [5, 5.41) is 4.65. The van der Waals surface area contributed by atoms with Crippen molar-refractivity contribution in [2.75, 3.05) is 12.4 Å². The molecule has 0 unspecified atom stereocenters. The molecule has 138 valence electrons. The maximum Gasteiger partial charge on any atom is 0.337 e. The molecule has 28 heavy (non-hydrogen) atoms. The normalized spacial score (nSPS) is 10.2. The molecule has 1 N–H and O–H groups in total. The van der Waals surface area contributed by atoms with Crippen LogP contribution in [0.2, 0.25) is 0 Å². The lowest BCUT2D eigenvalue weighted by Crippen LogP contribution is -2.07. The lowest BCUT2D eigenvalue weighted by atomic mass is 10.1. The Labute approximate surface area is 166 Å². The number of rotatable bonds is 4. The minimum Gasteiger partial charge on any atom is -0.465 e. The van der Waals surface area contributed by atoms with Gasteiger partial charge in [-0.05, 0) is 42.5 Å². The quantitative estimate of drug-likeness (QED) is 0.417. The summed E-state index contributed by atoms with van der Waals surface area (Å²) in [6, 6.07) is 14.1. The number of anilines is 1. The molecule has 0 spiro atoms. The molecule has 0 aliphatic carbocycles. The molecule has 3 rings (SSSR count). The van der Waals surface area contributed by atoms with Gasteiger partial charge >= 0.3 is 5.97 Å². The monoisotopic (exact) mass is 388 g/mol. The number of carbonyl (C=O) groups is 2. The molecule has 1 aromatic heterocycles. The zero-order valence-electron chi connectivity index (χ0n) is 15.0. The Bertz CT molecular complexity index is 1080. The summed E-state index contributed by atoms with van der Waals surface area (Å²) in [4.78, 5) is 27.7. The van der Waals surface area contributed by atoms with Crippen LogP contribution >= 0.6 is 11.3 Å². The van der Waals surface area contributed by atoms with Crippen LogP contribution in [0.3, 0.4) is 0 Å². The molecule has 3 aromatic rings. The largest absolute Gasteiger partial charge is 0.465 e. The molecule has 0 aliphatic rings. The van der Waals surface area contributed by atoms with Crippen molar-refractivity contribution >= 4 is 35.0 Å². The van der Waals surface area contributed by atoms with Gasteiger partial charge in [0.05, 0.1) is 23.9 Å². The highest BCUT2D eigenvalue weighted by molar-refractivity contribution is 7.07. The fourth-order valence-electron chi connectivity index (χ4n) is 2.31. The summed E-state index contributed by atoms with van der Waals surface area (Å²) < 4.78 is 4.71. The molecule has 0 saturated carbocycles. The van der Waals surface area contributed by atoms with Crippen molar-refractivity contribution in [2.24, 2.45) is 0 Å². The summed E-state index contributed by atoms with van der Waals surface area (Å²) >= 11 is 1.47. The zero-order chi connectivity index (χ0) is 19.8. The standard InChI is InChI=1S/C22H16N2O3S/c1-27-22(26)18-6-2-4-16(12-18)8-9-17-5-3-7-19(13-17)24-21(25)11-10-20-14-28-15-23-20/h2-7,10-15H,1H3,(H,24,25)/b11-10+. The lowest BCUT2D eigenvalue weighted by Gasteiger charge is -2.02. The van der Waals surface area contributed by atoms with Gasteiger partial charge in [0.15, 0.2) is 0 Å². The van der Waals surface area contributed by atoms with Gasteiger partial charge in [-0.3, -0.25) is 4.79 Å². The van der Waals surface area contributed by atoms with Crippen molar-refractivity contribution in [2.45, 2.75) is 0 Å². The number of aromatic nitrogens is 1. The first-order valence-corrected chi connectivity index (χ1v) is 9.26. The van der Waals surface area contributed by atoms with E-state index < -0.39 is 5.97 Å². The van der Waals surface area contributed by atoms with Crippen molar-refractivity contribution < 1.29 is 14.3 Å². The highest BCUT2D eigenvalue weighted by Gasteiger charge is 2.04. The number of nitrogens with one attached hydrogen (secondary N) is 1. The van der Waals surface area contributed by atoms with E-state index in [0.29, 0.717) is 16.8 Å². The molecule has 1 heterocycles. The predicted octanol–water partition coefficient (Wildman–Crippen LogP) is 3.98. The zero-order valence-corrected chi connectivity index (χ0v) is 15.8. The maximum absolute atomic E-state index is 12.0. The summed E-state index contributed by atoms with van der Waals surface area (Å²) in [5.74, 6) is 5.40. The van der Waals surface area contributed by atoms with E-state index in [9.17, 15) is 9.59 Å². The average molecular weight is 388 g/mol. The number of thiazole rings is 1. The number of carbonyl (C=O) groups excluding carboxylic acids is 2. The first kappa shape index (κ1) is 19.1. The Hall–Kier alpha value is -3.69. The van der Waals surface area contributed by atoms with Crippen LogP contribution in [0.5, 0.6) is 0 Å². The Kier molecular flexibility index (Phi) is 6.34. The van der Waals surface area contributed by atoms with Gasteiger partial charge in [-0.25, -0.2) is 9.78 Å². The van der Waals surface area contributed by atoms with E-state index in [1.165, 1.54) is 24.5 Å². The van der Waals surface area contributed by atoms with E-state index in [1.807, 2.05) is 23.6 Å². The van der Waals surface area contributed by atoms with Crippen molar-refractivity contribution in [1.29, 1.82) is 0 Å². The topological polar surface area (TPSA) is 68.3 Å². The summed E-state index contributed by atoms with van der Waals surface area (Å²) in [6.45, 7) is 0. The average Bonchev–Trinajstić information content (AvgIpc) is 3.24. The van der Waals surface area contributed by atoms with Crippen molar-refractivity contribution in [1.82, 2.24) is 4.98 Å². The Balaban J connectivity index is 1.70. The fourth-order valence-corrected chi connectivity index (χ4v) is 2.83. The van der Waals surface area contributed by atoms with Crippen LogP contribution in [-0.4, -0.2) is 24.0 Å². The summed E-state index contributed by atoms with van der Waals surface area (Å²) in [7, 11) is 1.34. The molecular formula is C22H16N2O3S. The molecule has 0 fully saturated rings. The molecule has 2 aromatic carbocycles. The van der Waals surface area contributed by atoms with Gasteiger partial charge in [-0.15, -0.1) is 11.3 Å². The third-order valence-electron chi connectivity index (χ3n) is 3.62. The van der Waals surface area contributed by atoms with Crippen LogP contribution in [0.15, 0.2) is 65.5 Å². The minimum absolute atomic E-state index is 0.246. The molecule has 5 nitrogen and oxygen atoms in total. The first-order valence-electron chi connectivity index (χ1n) is 8.32. The molecule has 0 atom stereocenters. The number of benzene rings is 2. The third kappa shape index (κ3) is 5.40. The molecule has 6 heteroatoms. The van der Waals surface area contributed by atoms with Crippen LogP contribution < -0.4 is 5.32 Å². The second-order valence-electron chi connectivity index (χ2n) is 5.64. The van der Waals surface area contributed by atoms with E-state index in [0.717, 1.165) is 11.3 Å². The SMILES string of the molecule is COC(=O)c1cccc(C#Cc2cccc(NC(=O)/C=C/c3cscn3)c2)c1. The van der Waals surface area contributed by atoms with Crippen LogP contribution in [0.25, 0.3) is 6.08 Å². The van der Waals surface area contributed by atoms with Crippen molar-refractivity contribution in [3.05, 3.63) is 87.9 Å². The van der Waals surface area contributed by atoms with Gasteiger partial charge in [0.1, 0.15) is 0 Å². The number of ether oxygens (including phenoxy) is 1. The van der Waals surface area contributed by atoms with Gasteiger partial charge in [0.2, 0.25) is 5.91 Å². The van der Waals surface area contributed by atoms with Gasteiger partial charge < -0.3 is 10.1 Å². The van der Waals surface area contributed by atoms with Gasteiger partial charge in [-0.1, -0.05) is 24.0 Å². The molecule has 0 radical (unpaired) electrons. The molecule has 0 saturated heterocycles. The predicted molar refractivity (Wildman–Crippen MR) is 110 cm³/mol. The van der Waals surface area contributed by atoms with Crippen LogP contribution in [-0.2, 0) is 9.53 Å². The van der Waals surface area contributed by atoms with Crippen molar-refractivity contribution in [3.63, 3.8) is 0 Å². The van der Waals surface area contributed by atoms with Crippen LogP contribution in [0.1, 0.15) is 27.2 Å². The van der Waals surface area contributed by atoms with Gasteiger partial charge in [0, 0.05) is 28.3 Å². The van der Waals surface area contributed by atoms with Crippen LogP contribution in [0.4, 0.5) is 5.69 Å². The highest BCUT2D eigenvalue weighted by Crippen LogP contribution is 2.11. The second kappa shape index (κ2) is 9.31. The van der Waals surface area contributed by atoms with E-state index >= 15 is 0 Å². The Morgan fingerprint density at radius 3 is 2.57 bits per heavy atom. The van der Waals surface area contributed by atoms with E-state index in [2.05, 4.69) is 22.1 Å². The second-order valence-corrected chi connectivity index (χ2v) is 6.36. The van der Waals surface area contributed by atoms with E-state index in [4.69, 9.17) is 4.74 Å². The fraction of sp³-hybridized carbons (Fsp3) is 0.0455. The Morgan fingerprint density at radius 2 is 1.86 bits per heavy atom. The van der Waals surface area contributed by atoms with E-state index in [1.54, 1.807) is 41.9 Å². The summed E-state index contributed by atoms with van der Waals surface area (Å²) in [5.41, 5.74) is 4.98. The number of esters is 1. The van der Waals surface area contributed by atoms with E-state index in [-0.39, 0.29) is 5.91 Å². The number of hydrogen-bond acceptors (Lipinski definition) is 5. The smallest absolute Gasteiger partial charge is 0.337 e. The molecule has 1 amide bonds. The first-order chi connectivity index (χ1) is 13.6. The van der Waals surface area contributed by atoms with Gasteiger partial charge in [-0.2, -0.15) is 0 Å². The third-order valence-corrected chi connectivity index (χ3v) is 4.23.